The second kappa shape index (κ2) is 7.40. The number of methoxy groups -OCH3 is 2. The third-order valence-electron chi connectivity index (χ3n) is 4.33. The molecule has 0 amide bonds. The molecule has 3 rings (SSSR count). The number of halogens is 4. The van der Waals surface area contributed by atoms with E-state index in [1.807, 2.05) is 9.88 Å². The van der Waals surface area contributed by atoms with Gasteiger partial charge in [-0.3, -0.25) is 9.69 Å². The quantitative estimate of drug-likeness (QED) is 0.850. The SMILES string of the molecule is COc1cc(Cl)cc(CN2CCc3nc(C(F)(F)F)[nH]c(=O)c3C2)c1OC. The zero-order chi connectivity index (χ0) is 19.8. The molecule has 0 bridgehead atoms. The number of nitrogens with one attached hydrogen (secondary N) is 1. The molecule has 0 saturated heterocycles. The van der Waals surface area contributed by atoms with E-state index in [-0.39, 0.29) is 24.2 Å². The number of alkyl halides is 3. The van der Waals surface area contributed by atoms with Crippen LogP contribution in [0.3, 0.4) is 0 Å². The molecular weight excluding hydrogens is 387 g/mol. The molecule has 1 aromatic heterocycles. The monoisotopic (exact) mass is 403 g/mol. The van der Waals surface area contributed by atoms with Crippen LogP contribution in [0.25, 0.3) is 0 Å². The van der Waals surface area contributed by atoms with Crippen molar-refractivity contribution in [2.24, 2.45) is 0 Å². The maximum Gasteiger partial charge on any atom is 0.449 e. The van der Waals surface area contributed by atoms with Crippen LogP contribution in [0.4, 0.5) is 13.2 Å². The van der Waals surface area contributed by atoms with Crippen LogP contribution in [0.5, 0.6) is 11.5 Å². The van der Waals surface area contributed by atoms with Crippen LogP contribution in [-0.2, 0) is 25.7 Å². The molecule has 6 nitrogen and oxygen atoms in total. The first-order chi connectivity index (χ1) is 12.7. The number of fused-ring (bicyclic) bond motifs is 1. The number of ether oxygens (including phenoxy) is 2. The third kappa shape index (κ3) is 4.03. The van der Waals surface area contributed by atoms with Crippen molar-refractivity contribution in [3.8, 4) is 11.5 Å². The Balaban J connectivity index is 1.88. The van der Waals surface area contributed by atoms with E-state index in [0.29, 0.717) is 29.6 Å². The summed E-state index contributed by atoms with van der Waals surface area (Å²) in [5.41, 5.74) is 0.398. The van der Waals surface area contributed by atoms with Crippen molar-refractivity contribution < 1.29 is 22.6 Å². The van der Waals surface area contributed by atoms with E-state index < -0.39 is 17.6 Å². The normalized spacial score (nSPS) is 14.7. The molecule has 0 radical (unpaired) electrons. The Morgan fingerprint density at radius 3 is 2.67 bits per heavy atom. The van der Waals surface area contributed by atoms with Crippen LogP contribution in [0, 0.1) is 0 Å². The van der Waals surface area contributed by atoms with Gasteiger partial charge in [0.2, 0.25) is 5.82 Å². The number of hydrogen-bond acceptors (Lipinski definition) is 5. The van der Waals surface area contributed by atoms with Crippen LogP contribution >= 0.6 is 11.6 Å². The average Bonchev–Trinajstić information content (AvgIpc) is 2.60. The maximum atomic E-state index is 12.8. The number of nitrogens with zero attached hydrogens (tertiary/aromatic N) is 2. The molecule has 2 heterocycles. The zero-order valence-electron chi connectivity index (χ0n) is 14.6. The van der Waals surface area contributed by atoms with Crippen molar-refractivity contribution in [3.05, 3.63) is 50.2 Å². The average molecular weight is 404 g/mol. The molecule has 27 heavy (non-hydrogen) atoms. The number of aromatic nitrogens is 2. The van der Waals surface area contributed by atoms with Crippen molar-refractivity contribution >= 4 is 11.6 Å². The van der Waals surface area contributed by atoms with Gasteiger partial charge in [0.15, 0.2) is 11.5 Å². The van der Waals surface area contributed by atoms with Crippen molar-refractivity contribution in [2.45, 2.75) is 25.7 Å². The summed E-state index contributed by atoms with van der Waals surface area (Å²) in [4.78, 5) is 19.5. The largest absolute Gasteiger partial charge is 0.493 e. The molecule has 0 saturated carbocycles. The highest BCUT2D eigenvalue weighted by atomic mass is 35.5. The fourth-order valence-electron chi connectivity index (χ4n) is 3.11. The standard InChI is InChI=1S/C17H17ClF3N3O3/c1-26-13-6-10(18)5-9(14(13)27-2)7-24-4-3-12-11(8-24)15(25)23-16(22-12)17(19,20)21/h5-6H,3-4,7-8H2,1-2H3,(H,22,23,25). The van der Waals surface area contributed by atoms with Crippen molar-refractivity contribution in [2.75, 3.05) is 20.8 Å². The third-order valence-corrected chi connectivity index (χ3v) is 4.55. The molecule has 0 unspecified atom stereocenters. The van der Waals surface area contributed by atoms with Gasteiger partial charge in [0.05, 0.1) is 25.5 Å². The molecule has 0 spiro atoms. The summed E-state index contributed by atoms with van der Waals surface area (Å²) in [6.45, 7) is 1.01. The minimum Gasteiger partial charge on any atom is -0.493 e. The van der Waals surface area contributed by atoms with Crippen molar-refractivity contribution in [1.29, 1.82) is 0 Å². The van der Waals surface area contributed by atoms with Crippen molar-refractivity contribution in [3.63, 3.8) is 0 Å². The topological polar surface area (TPSA) is 67.5 Å². The van der Waals surface area contributed by atoms with Gasteiger partial charge in [-0.15, -0.1) is 0 Å². The molecule has 0 atom stereocenters. The summed E-state index contributed by atoms with van der Waals surface area (Å²) >= 11 is 6.12. The summed E-state index contributed by atoms with van der Waals surface area (Å²) in [7, 11) is 3.01. The number of hydrogen-bond donors (Lipinski definition) is 1. The second-order valence-electron chi connectivity index (χ2n) is 6.10. The molecule has 0 fully saturated rings. The van der Waals surface area contributed by atoms with Gasteiger partial charge in [0.1, 0.15) is 0 Å². The Labute approximate surface area is 157 Å². The summed E-state index contributed by atoms with van der Waals surface area (Å²) in [5.74, 6) is -0.264. The molecule has 2 aromatic rings. The molecule has 146 valence electrons. The van der Waals surface area contributed by atoms with Gasteiger partial charge in [0, 0.05) is 42.7 Å². The second-order valence-corrected chi connectivity index (χ2v) is 6.54. The van der Waals surface area contributed by atoms with Gasteiger partial charge in [-0.25, -0.2) is 4.98 Å². The molecule has 10 heteroatoms. The molecule has 1 N–H and O–H groups in total. The molecule has 1 aromatic carbocycles. The first-order valence-corrected chi connectivity index (χ1v) is 8.42. The number of benzene rings is 1. The van der Waals surface area contributed by atoms with E-state index in [2.05, 4.69) is 4.98 Å². The van der Waals surface area contributed by atoms with Gasteiger partial charge < -0.3 is 14.5 Å². The van der Waals surface area contributed by atoms with Gasteiger partial charge in [-0.05, 0) is 6.07 Å². The van der Waals surface area contributed by atoms with Gasteiger partial charge in [0.25, 0.3) is 5.56 Å². The Hall–Kier alpha value is -2.26. The van der Waals surface area contributed by atoms with E-state index in [0.717, 1.165) is 5.56 Å². The smallest absolute Gasteiger partial charge is 0.449 e. The Morgan fingerprint density at radius 1 is 1.30 bits per heavy atom. The van der Waals surface area contributed by atoms with Crippen LogP contribution in [0.15, 0.2) is 16.9 Å². The van der Waals surface area contributed by atoms with Crippen LogP contribution in [-0.4, -0.2) is 35.6 Å². The fraction of sp³-hybridized carbons (Fsp3) is 0.412. The lowest BCUT2D eigenvalue weighted by atomic mass is 10.1. The first-order valence-electron chi connectivity index (χ1n) is 8.05. The van der Waals surface area contributed by atoms with Crippen molar-refractivity contribution in [1.82, 2.24) is 14.9 Å². The maximum absolute atomic E-state index is 12.8. The minimum atomic E-state index is -4.68. The number of rotatable bonds is 4. The highest BCUT2D eigenvalue weighted by Gasteiger charge is 2.36. The van der Waals surface area contributed by atoms with E-state index in [4.69, 9.17) is 21.1 Å². The first kappa shape index (κ1) is 19.5. The molecule has 1 aliphatic heterocycles. The Morgan fingerprint density at radius 2 is 2.04 bits per heavy atom. The number of H-pyrrole nitrogens is 1. The lowest BCUT2D eigenvalue weighted by Gasteiger charge is -2.28. The predicted molar refractivity (Wildman–Crippen MR) is 92.2 cm³/mol. The van der Waals surface area contributed by atoms with Crippen LogP contribution in [0.1, 0.15) is 22.6 Å². The lowest BCUT2D eigenvalue weighted by molar-refractivity contribution is -0.145. The van der Waals surface area contributed by atoms with E-state index >= 15 is 0 Å². The highest BCUT2D eigenvalue weighted by Crippen LogP contribution is 2.35. The predicted octanol–water partition coefficient (Wildman–Crippen LogP) is 3.02. The Kier molecular flexibility index (Phi) is 5.34. The van der Waals surface area contributed by atoms with Crippen LogP contribution < -0.4 is 15.0 Å². The van der Waals surface area contributed by atoms with E-state index in [1.165, 1.54) is 14.2 Å². The Bertz CT molecular complexity index is 915. The van der Waals surface area contributed by atoms with Gasteiger partial charge in [-0.2, -0.15) is 13.2 Å². The van der Waals surface area contributed by atoms with Gasteiger partial charge >= 0.3 is 6.18 Å². The van der Waals surface area contributed by atoms with E-state index in [1.54, 1.807) is 12.1 Å². The van der Waals surface area contributed by atoms with Gasteiger partial charge in [-0.1, -0.05) is 11.6 Å². The van der Waals surface area contributed by atoms with E-state index in [9.17, 15) is 18.0 Å². The summed E-state index contributed by atoms with van der Waals surface area (Å²) < 4.78 is 49.1. The number of aromatic amines is 1. The summed E-state index contributed by atoms with van der Waals surface area (Å²) in [5, 5.41) is 0.467. The highest BCUT2D eigenvalue weighted by molar-refractivity contribution is 6.30. The molecule has 1 aliphatic rings. The fourth-order valence-corrected chi connectivity index (χ4v) is 3.35. The summed E-state index contributed by atoms with van der Waals surface area (Å²) in [6.07, 6.45) is -4.45. The minimum absolute atomic E-state index is 0.174. The molecular formula is C17H17ClF3N3O3. The molecule has 0 aliphatic carbocycles. The zero-order valence-corrected chi connectivity index (χ0v) is 15.4. The summed E-state index contributed by atoms with van der Waals surface area (Å²) in [6, 6.07) is 3.36. The van der Waals surface area contributed by atoms with Crippen LogP contribution in [0.2, 0.25) is 5.02 Å². The lowest BCUT2D eigenvalue weighted by Crippen LogP contribution is -2.36.